The van der Waals surface area contributed by atoms with Gasteiger partial charge < -0.3 is 23.9 Å². The molecule has 0 amide bonds. The van der Waals surface area contributed by atoms with Crippen LogP contribution in [-0.4, -0.2) is 37.2 Å². The van der Waals surface area contributed by atoms with Gasteiger partial charge in [-0.25, -0.2) is 4.39 Å². The van der Waals surface area contributed by atoms with Gasteiger partial charge in [0.25, 0.3) is 0 Å². The lowest BCUT2D eigenvalue weighted by Gasteiger charge is -2.18. The number of fused-ring (bicyclic) bond motifs is 1. The molecule has 3 rings (SSSR count). The molecule has 2 atom stereocenters. The first-order valence-corrected chi connectivity index (χ1v) is 7.51. The normalized spacial score (nSPS) is 26.3. The van der Waals surface area contributed by atoms with E-state index in [1.54, 1.807) is 6.07 Å². The van der Waals surface area contributed by atoms with Crippen LogP contribution >= 0.6 is 0 Å². The molecular formula is C15H20BFO5. The van der Waals surface area contributed by atoms with E-state index < -0.39 is 18.7 Å². The number of halogens is 1. The van der Waals surface area contributed by atoms with Crippen molar-refractivity contribution in [3.05, 3.63) is 23.5 Å². The second-order valence-electron chi connectivity index (χ2n) is 6.03. The standard InChI is InChI=1S/C15H20BFO5/c1-4-12-10-5-6-11(17)14(13(10)16(18)22-12)19-7-9-8-20-15(2,3)21-9/h5-6,9,12,18H,4,7-8H2,1-3H3/t9-,12+/m0/s1. The fourth-order valence-electron chi connectivity index (χ4n) is 2.90. The lowest BCUT2D eigenvalue weighted by molar-refractivity contribution is -0.141. The highest BCUT2D eigenvalue weighted by Gasteiger charge is 2.39. The zero-order chi connectivity index (χ0) is 15.9. The summed E-state index contributed by atoms with van der Waals surface area (Å²) in [5, 5.41) is 10.0. The molecule has 2 heterocycles. The highest BCUT2D eigenvalue weighted by Crippen LogP contribution is 2.32. The largest absolute Gasteiger partial charge is 0.495 e. The summed E-state index contributed by atoms with van der Waals surface area (Å²) in [6.07, 6.45) is 0.188. The maximum atomic E-state index is 14.1. The zero-order valence-corrected chi connectivity index (χ0v) is 13.0. The second kappa shape index (κ2) is 5.81. The van der Waals surface area contributed by atoms with Crippen LogP contribution in [0.3, 0.4) is 0 Å². The topological polar surface area (TPSA) is 57.2 Å². The molecule has 2 aliphatic rings. The summed E-state index contributed by atoms with van der Waals surface area (Å²) in [5.74, 6) is -1.13. The van der Waals surface area contributed by atoms with Gasteiger partial charge >= 0.3 is 7.12 Å². The van der Waals surface area contributed by atoms with Gasteiger partial charge in [0.1, 0.15) is 12.7 Å². The maximum Gasteiger partial charge on any atom is 0.495 e. The lowest BCUT2D eigenvalue weighted by Crippen LogP contribution is -2.32. The van der Waals surface area contributed by atoms with Crippen LogP contribution in [0.5, 0.6) is 5.75 Å². The van der Waals surface area contributed by atoms with Gasteiger partial charge in [0.2, 0.25) is 0 Å². The van der Waals surface area contributed by atoms with Crippen molar-refractivity contribution in [1.82, 2.24) is 0 Å². The molecular weight excluding hydrogens is 290 g/mol. The minimum absolute atomic E-state index is 0.0363. The number of ether oxygens (including phenoxy) is 3. The average Bonchev–Trinajstić information content (AvgIpc) is 2.98. The Hall–Kier alpha value is -1.15. The van der Waals surface area contributed by atoms with Crippen LogP contribution < -0.4 is 10.2 Å². The van der Waals surface area contributed by atoms with Crippen molar-refractivity contribution in [2.45, 2.75) is 45.2 Å². The molecule has 7 heteroatoms. The van der Waals surface area contributed by atoms with E-state index in [0.29, 0.717) is 18.5 Å². The first-order valence-electron chi connectivity index (χ1n) is 7.51. The van der Waals surface area contributed by atoms with Gasteiger partial charge in [-0.15, -0.1) is 0 Å². The third kappa shape index (κ3) is 2.86. The van der Waals surface area contributed by atoms with Gasteiger partial charge in [-0.2, -0.15) is 0 Å². The van der Waals surface area contributed by atoms with Crippen LogP contribution in [0.25, 0.3) is 0 Å². The lowest BCUT2D eigenvalue weighted by atomic mass is 9.78. The van der Waals surface area contributed by atoms with Gasteiger partial charge in [-0.3, -0.25) is 0 Å². The van der Waals surface area contributed by atoms with Gasteiger partial charge in [-0.1, -0.05) is 13.0 Å². The molecule has 0 bridgehead atoms. The van der Waals surface area contributed by atoms with Gasteiger partial charge in [0, 0.05) is 5.46 Å². The summed E-state index contributed by atoms with van der Waals surface area (Å²) in [5.41, 5.74) is 1.15. The highest BCUT2D eigenvalue weighted by molar-refractivity contribution is 6.62. The fraction of sp³-hybridized carbons (Fsp3) is 0.600. The van der Waals surface area contributed by atoms with Crippen molar-refractivity contribution >= 4 is 12.6 Å². The van der Waals surface area contributed by atoms with Crippen molar-refractivity contribution < 1.29 is 28.3 Å². The van der Waals surface area contributed by atoms with E-state index in [4.69, 9.17) is 18.9 Å². The number of hydrogen-bond donors (Lipinski definition) is 1. The van der Waals surface area contributed by atoms with Crippen LogP contribution in [-0.2, 0) is 14.1 Å². The summed E-state index contributed by atoms with van der Waals surface area (Å²) in [6, 6.07) is 2.98. The van der Waals surface area contributed by atoms with E-state index in [9.17, 15) is 9.41 Å². The van der Waals surface area contributed by atoms with Crippen molar-refractivity contribution in [3.63, 3.8) is 0 Å². The summed E-state index contributed by atoms with van der Waals surface area (Å²) in [6.45, 7) is 6.12. The van der Waals surface area contributed by atoms with Gasteiger partial charge in [-0.05, 0) is 31.9 Å². The number of hydrogen-bond acceptors (Lipinski definition) is 5. The van der Waals surface area contributed by atoms with E-state index in [1.807, 2.05) is 20.8 Å². The molecule has 1 saturated heterocycles. The molecule has 0 aliphatic carbocycles. The molecule has 0 radical (unpaired) electrons. The van der Waals surface area contributed by atoms with Gasteiger partial charge in [0.15, 0.2) is 17.4 Å². The molecule has 1 N–H and O–H groups in total. The molecule has 0 aromatic heterocycles. The first-order chi connectivity index (χ1) is 10.4. The Morgan fingerprint density at radius 3 is 2.86 bits per heavy atom. The fourth-order valence-corrected chi connectivity index (χ4v) is 2.90. The SMILES string of the molecule is CC[C@H]1OB(O)c2c1ccc(F)c2OC[C@H]1COC(C)(C)O1. The number of benzene rings is 1. The van der Waals surface area contributed by atoms with Crippen molar-refractivity contribution in [2.24, 2.45) is 0 Å². The van der Waals surface area contributed by atoms with Crippen LogP contribution in [0.4, 0.5) is 4.39 Å². The smallest absolute Gasteiger partial charge is 0.488 e. The van der Waals surface area contributed by atoms with Crippen molar-refractivity contribution in [2.75, 3.05) is 13.2 Å². The molecule has 0 spiro atoms. The molecule has 1 fully saturated rings. The van der Waals surface area contributed by atoms with E-state index in [2.05, 4.69) is 0 Å². The van der Waals surface area contributed by atoms with Crippen LogP contribution in [0.2, 0.25) is 0 Å². The quantitative estimate of drug-likeness (QED) is 0.855. The Kier molecular flexibility index (Phi) is 4.16. The molecule has 120 valence electrons. The van der Waals surface area contributed by atoms with E-state index >= 15 is 0 Å². The first kappa shape index (κ1) is 15.7. The Labute approximate surface area is 129 Å². The van der Waals surface area contributed by atoms with Crippen LogP contribution in [0.1, 0.15) is 38.9 Å². The Balaban J connectivity index is 1.78. The van der Waals surface area contributed by atoms with Crippen molar-refractivity contribution in [1.29, 1.82) is 0 Å². The Morgan fingerprint density at radius 1 is 1.45 bits per heavy atom. The summed E-state index contributed by atoms with van der Waals surface area (Å²) in [4.78, 5) is 0. The average molecular weight is 310 g/mol. The predicted octanol–water partition coefficient (Wildman–Crippen LogP) is 1.52. The van der Waals surface area contributed by atoms with E-state index in [1.165, 1.54) is 6.07 Å². The minimum atomic E-state index is -1.16. The monoisotopic (exact) mass is 310 g/mol. The van der Waals surface area contributed by atoms with Gasteiger partial charge in [0.05, 0.1) is 12.7 Å². The molecule has 5 nitrogen and oxygen atoms in total. The number of rotatable bonds is 4. The molecule has 22 heavy (non-hydrogen) atoms. The summed E-state index contributed by atoms with van der Waals surface area (Å²) >= 11 is 0. The Morgan fingerprint density at radius 2 is 2.23 bits per heavy atom. The van der Waals surface area contributed by atoms with Crippen molar-refractivity contribution in [3.8, 4) is 5.75 Å². The summed E-state index contributed by atoms with van der Waals surface area (Å²) in [7, 11) is -1.16. The minimum Gasteiger partial charge on any atom is -0.488 e. The highest BCUT2D eigenvalue weighted by atomic mass is 19.1. The zero-order valence-electron chi connectivity index (χ0n) is 13.0. The molecule has 0 saturated carbocycles. The van der Waals surface area contributed by atoms with E-state index in [0.717, 1.165) is 5.56 Å². The second-order valence-corrected chi connectivity index (χ2v) is 6.03. The van der Waals surface area contributed by atoms with Crippen LogP contribution in [0, 0.1) is 5.82 Å². The molecule has 1 aromatic rings. The maximum absolute atomic E-state index is 14.1. The predicted molar refractivity (Wildman–Crippen MR) is 78.5 cm³/mol. The third-order valence-electron chi connectivity index (χ3n) is 3.92. The van der Waals surface area contributed by atoms with Crippen LogP contribution in [0.15, 0.2) is 12.1 Å². The third-order valence-corrected chi connectivity index (χ3v) is 3.92. The van der Waals surface area contributed by atoms with E-state index in [-0.39, 0.29) is 24.6 Å². The summed E-state index contributed by atoms with van der Waals surface area (Å²) < 4.78 is 36.2. The molecule has 0 unspecified atom stereocenters. The molecule has 2 aliphatic heterocycles. The Bertz CT molecular complexity index is 565. The molecule has 1 aromatic carbocycles.